The zero-order valence-corrected chi connectivity index (χ0v) is 20.5. The molecule has 0 saturated heterocycles. The Balaban J connectivity index is 1.29. The minimum Gasteiger partial charge on any atom is -0.481 e. The van der Waals surface area contributed by atoms with Gasteiger partial charge in [0.05, 0.1) is 12.1 Å². The van der Waals surface area contributed by atoms with Crippen LogP contribution in [-0.2, 0) is 24.1 Å². The van der Waals surface area contributed by atoms with Gasteiger partial charge in [-0.25, -0.2) is 0 Å². The fourth-order valence-electron chi connectivity index (χ4n) is 4.74. The number of carbonyl (C=O) groups is 1. The summed E-state index contributed by atoms with van der Waals surface area (Å²) in [6.07, 6.45) is 2.86. The highest BCUT2D eigenvalue weighted by Gasteiger charge is 2.19. The Hall–Kier alpha value is -4.06. The maximum absolute atomic E-state index is 11.3. The van der Waals surface area contributed by atoms with Crippen molar-refractivity contribution in [1.29, 1.82) is 0 Å². The molecule has 0 aliphatic carbocycles. The molecule has 0 spiro atoms. The number of benzene rings is 3. The van der Waals surface area contributed by atoms with Gasteiger partial charge in [0.25, 0.3) is 0 Å². The summed E-state index contributed by atoms with van der Waals surface area (Å²) in [6, 6.07) is 21.8. The van der Waals surface area contributed by atoms with E-state index in [0.717, 1.165) is 70.0 Å². The quantitative estimate of drug-likeness (QED) is 0.293. The molecule has 1 N–H and O–H groups in total. The number of nitrogens with zero attached hydrogens (tertiary/aromatic N) is 1. The largest absolute Gasteiger partial charge is 0.481 e. The van der Waals surface area contributed by atoms with Crippen molar-refractivity contribution < 1.29 is 23.9 Å². The predicted octanol–water partition coefficient (Wildman–Crippen LogP) is 6.48. The van der Waals surface area contributed by atoms with E-state index in [-0.39, 0.29) is 6.42 Å². The molecule has 6 nitrogen and oxygen atoms in total. The van der Waals surface area contributed by atoms with Crippen LogP contribution in [0.3, 0.4) is 0 Å². The Morgan fingerprint density at radius 2 is 1.75 bits per heavy atom. The van der Waals surface area contributed by atoms with Gasteiger partial charge in [-0.05, 0) is 66.5 Å². The van der Waals surface area contributed by atoms with Crippen LogP contribution in [0, 0.1) is 12.8 Å². The second-order valence-corrected chi connectivity index (χ2v) is 9.42. The van der Waals surface area contributed by atoms with Crippen LogP contribution in [0.4, 0.5) is 0 Å². The van der Waals surface area contributed by atoms with Gasteiger partial charge in [-0.15, -0.1) is 0 Å². The summed E-state index contributed by atoms with van der Waals surface area (Å²) >= 11 is 0. The Bertz CT molecular complexity index is 1370. The van der Waals surface area contributed by atoms with E-state index in [1.165, 1.54) is 5.56 Å². The Kier molecular flexibility index (Phi) is 6.76. The highest BCUT2D eigenvalue weighted by atomic mass is 16.7. The van der Waals surface area contributed by atoms with Crippen molar-refractivity contribution in [2.45, 2.75) is 39.5 Å². The number of aryl methyl sites for hydroxylation is 2. The number of aliphatic carboxylic acids is 1. The lowest BCUT2D eigenvalue weighted by Crippen LogP contribution is -2.03. The van der Waals surface area contributed by atoms with Crippen LogP contribution in [0.5, 0.6) is 11.5 Å². The molecule has 1 aliphatic heterocycles. The third kappa shape index (κ3) is 5.13. The standard InChI is InChI=1S/C30H29NO5/c1-19(7-8-21-9-14-27-28(16-21)35-18-34-27)15-26-20(2)31-36-30(26)23-12-10-22(11-13-23)25-6-4-3-5-24(25)17-29(32)33/h3-6,9-14,16,19H,7-8,15,17-18H2,1-2H3,(H,32,33). The van der Waals surface area contributed by atoms with Crippen LogP contribution in [0.25, 0.3) is 22.5 Å². The van der Waals surface area contributed by atoms with Crippen molar-refractivity contribution in [3.05, 3.63) is 89.1 Å². The Morgan fingerprint density at radius 1 is 1.00 bits per heavy atom. The molecule has 1 aliphatic rings. The van der Waals surface area contributed by atoms with Gasteiger partial charge in [0.1, 0.15) is 0 Å². The molecule has 0 radical (unpaired) electrons. The Morgan fingerprint density at radius 3 is 2.56 bits per heavy atom. The van der Waals surface area contributed by atoms with Crippen LogP contribution in [-0.4, -0.2) is 23.0 Å². The van der Waals surface area contributed by atoms with Crippen LogP contribution in [0.1, 0.15) is 35.7 Å². The van der Waals surface area contributed by atoms with E-state index in [0.29, 0.717) is 12.7 Å². The summed E-state index contributed by atoms with van der Waals surface area (Å²) in [5.74, 6) is 2.04. The fourth-order valence-corrected chi connectivity index (χ4v) is 4.74. The molecule has 0 saturated carbocycles. The summed E-state index contributed by atoms with van der Waals surface area (Å²) in [4.78, 5) is 11.3. The van der Waals surface area contributed by atoms with Gasteiger partial charge < -0.3 is 19.1 Å². The minimum absolute atomic E-state index is 0.00643. The third-order valence-corrected chi connectivity index (χ3v) is 6.72. The molecule has 1 unspecified atom stereocenters. The molecule has 5 rings (SSSR count). The molecule has 0 amide bonds. The monoisotopic (exact) mass is 483 g/mol. The first-order valence-electron chi connectivity index (χ1n) is 12.2. The predicted molar refractivity (Wildman–Crippen MR) is 137 cm³/mol. The number of rotatable bonds is 9. The van der Waals surface area contributed by atoms with Gasteiger partial charge in [0.15, 0.2) is 17.3 Å². The molecule has 0 fully saturated rings. The average molecular weight is 484 g/mol. The van der Waals surface area contributed by atoms with Crippen LogP contribution >= 0.6 is 0 Å². The van der Waals surface area contributed by atoms with Crippen molar-refractivity contribution in [3.8, 4) is 33.9 Å². The first-order chi connectivity index (χ1) is 17.5. The molecule has 184 valence electrons. The van der Waals surface area contributed by atoms with Gasteiger partial charge in [0, 0.05) is 11.1 Å². The van der Waals surface area contributed by atoms with Crippen LogP contribution < -0.4 is 9.47 Å². The molecule has 3 aromatic carbocycles. The molecule has 6 heteroatoms. The van der Waals surface area contributed by atoms with E-state index in [1.54, 1.807) is 0 Å². The lowest BCUT2D eigenvalue weighted by atomic mass is 9.91. The van der Waals surface area contributed by atoms with Gasteiger partial charge in [0.2, 0.25) is 6.79 Å². The first kappa shape index (κ1) is 23.7. The molecule has 1 aromatic heterocycles. The molecule has 1 atom stereocenters. The van der Waals surface area contributed by atoms with E-state index in [9.17, 15) is 9.90 Å². The van der Waals surface area contributed by atoms with Crippen molar-refractivity contribution in [2.75, 3.05) is 6.79 Å². The number of fused-ring (bicyclic) bond motifs is 1. The highest BCUT2D eigenvalue weighted by molar-refractivity contribution is 5.77. The summed E-state index contributed by atoms with van der Waals surface area (Å²) < 4.78 is 16.7. The molecular formula is C30H29NO5. The number of carboxylic acids is 1. The second-order valence-electron chi connectivity index (χ2n) is 9.42. The second kappa shape index (κ2) is 10.3. The molecular weight excluding hydrogens is 454 g/mol. The zero-order chi connectivity index (χ0) is 25.1. The smallest absolute Gasteiger partial charge is 0.307 e. The number of hydrogen-bond donors (Lipinski definition) is 1. The first-order valence-corrected chi connectivity index (χ1v) is 12.2. The van der Waals surface area contributed by atoms with Crippen molar-refractivity contribution in [3.63, 3.8) is 0 Å². The van der Waals surface area contributed by atoms with Crippen LogP contribution in [0.2, 0.25) is 0 Å². The number of carboxylic acid groups (broad SMARTS) is 1. The minimum atomic E-state index is -0.839. The molecule has 4 aromatic rings. The van der Waals surface area contributed by atoms with Gasteiger partial charge in [-0.3, -0.25) is 4.79 Å². The number of ether oxygens (including phenoxy) is 2. The average Bonchev–Trinajstić information content (AvgIpc) is 3.49. The topological polar surface area (TPSA) is 81.8 Å². The number of aromatic nitrogens is 1. The fraction of sp³-hybridized carbons (Fsp3) is 0.267. The van der Waals surface area contributed by atoms with E-state index >= 15 is 0 Å². The summed E-state index contributed by atoms with van der Waals surface area (Å²) in [5, 5.41) is 13.5. The summed E-state index contributed by atoms with van der Waals surface area (Å²) in [5.41, 5.74) is 6.96. The summed E-state index contributed by atoms with van der Waals surface area (Å²) in [6.45, 7) is 4.54. The highest BCUT2D eigenvalue weighted by Crippen LogP contribution is 2.34. The SMILES string of the molecule is Cc1noc(-c2ccc(-c3ccccc3CC(=O)O)cc2)c1CC(C)CCc1ccc2c(c1)OCO2. The molecule has 2 heterocycles. The van der Waals surface area contributed by atoms with Gasteiger partial charge >= 0.3 is 5.97 Å². The van der Waals surface area contributed by atoms with E-state index < -0.39 is 5.97 Å². The summed E-state index contributed by atoms with van der Waals surface area (Å²) in [7, 11) is 0. The van der Waals surface area contributed by atoms with E-state index in [4.69, 9.17) is 14.0 Å². The Labute approximate surface area is 210 Å². The normalized spacial score (nSPS) is 13.1. The van der Waals surface area contributed by atoms with E-state index in [1.807, 2.05) is 61.5 Å². The van der Waals surface area contributed by atoms with Crippen LogP contribution in [0.15, 0.2) is 71.3 Å². The third-order valence-electron chi connectivity index (χ3n) is 6.72. The molecule has 36 heavy (non-hydrogen) atoms. The van der Waals surface area contributed by atoms with Gasteiger partial charge in [-0.1, -0.05) is 66.7 Å². The zero-order valence-electron chi connectivity index (χ0n) is 20.5. The van der Waals surface area contributed by atoms with Crippen molar-refractivity contribution >= 4 is 5.97 Å². The van der Waals surface area contributed by atoms with Gasteiger partial charge in [-0.2, -0.15) is 0 Å². The van der Waals surface area contributed by atoms with E-state index in [2.05, 4.69) is 24.2 Å². The van der Waals surface area contributed by atoms with Crippen molar-refractivity contribution in [2.24, 2.45) is 5.92 Å². The number of hydrogen-bond acceptors (Lipinski definition) is 5. The maximum atomic E-state index is 11.3. The molecule has 0 bridgehead atoms. The lowest BCUT2D eigenvalue weighted by Gasteiger charge is -2.13. The van der Waals surface area contributed by atoms with Crippen molar-refractivity contribution in [1.82, 2.24) is 5.16 Å². The lowest BCUT2D eigenvalue weighted by molar-refractivity contribution is -0.136. The maximum Gasteiger partial charge on any atom is 0.307 e.